The highest BCUT2D eigenvalue weighted by Crippen LogP contribution is 2.23. The number of amides is 2. The monoisotopic (exact) mass is 444 g/mol. The zero-order valence-corrected chi connectivity index (χ0v) is 18.2. The Labute approximate surface area is 184 Å². The summed E-state index contributed by atoms with van der Waals surface area (Å²) >= 11 is 7.67. The van der Waals surface area contributed by atoms with Crippen molar-refractivity contribution in [3.8, 4) is 0 Å². The zero-order valence-electron chi connectivity index (χ0n) is 16.6. The molecule has 7 heteroatoms. The number of carbonyl (C=O) groups is 2. The molecule has 0 bridgehead atoms. The summed E-state index contributed by atoms with van der Waals surface area (Å²) < 4.78 is 13.4. The van der Waals surface area contributed by atoms with E-state index in [2.05, 4.69) is 5.32 Å². The molecular formula is C23H22ClFN2O2S. The highest BCUT2D eigenvalue weighted by atomic mass is 35.5. The van der Waals surface area contributed by atoms with E-state index < -0.39 is 11.9 Å². The molecular weight excluding hydrogens is 423 g/mol. The van der Waals surface area contributed by atoms with Gasteiger partial charge in [-0.1, -0.05) is 43.6 Å². The number of anilines is 1. The smallest absolute Gasteiger partial charge is 0.253 e. The SMILES string of the molecule is CC(C)C(NC(=O)c1ccccc1Cl)C(=O)N(Cc1cccs1)c1ccc(F)cc1. The second kappa shape index (κ2) is 9.87. The van der Waals surface area contributed by atoms with Crippen molar-refractivity contribution in [1.82, 2.24) is 5.32 Å². The summed E-state index contributed by atoms with van der Waals surface area (Å²) in [5.41, 5.74) is 0.872. The molecule has 1 unspecified atom stereocenters. The molecule has 0 fully saturated rings. The van der Waals surface area contributed by atoms with E-state index in [1.54, 1.807) is 41.3 Å². The number of thiophene rings is 1. The molecule has 2 amide bonds. The summed E-state index contributed by atoms with van der Waals surface area (Å²) in [5.74, 6) is -1.24. The van der Waals surface area contributed by atoms with Crippen LogP contribution < -0.4 is 10.2 Å². The van der Waals surface area contributed by atoms with Crippen LogP contribution in [-0.4, -0.2) is 17.9 Å². The summed E-state index contributed by atoms with van der Waals surface area (Å²) in [6.07, 6.45) is 0. The van der Waals surface area contributed by atoms with E-state index >= 15 is 0 Å². The molecule has 1 aromatic heterocycles. The van der Waals surface area contributed by atoms with Crippen molar-refractivity contribution in [3.05, 3.63) is 87.3 Å². The molecule has 0 aliphatic heterocycles. The van der Waals surface area contributed by atoms with Crippen LogP contribution in [0.2, 0.25) is 5.02 Å². The average Bonchev–Trinajstić information content (AvgIpc) is 3.24. The second-order valence-electron chi connectivity index (χ2n) is 7.16. The third kappa shape index (κ3) is 5.26. The van der Waals surface area contributed by atoms with Gasteiger partial charge in [0, 0.05) is 10.6 Å². The number of benzene rings is 2. The van der Waals surface area contributed by atoms with Crippen LogP contribution in [-0.2, 0) is 11.3 Å². The Morgan fingerprint density at radius 1 is 1.07 bits per heavy atom. The molecule has 4 nitrogen and oxygen atoms in total. The molecule has 3 aromatic rings. The molecule has 0 aliphatic rings. The fraction of sp³-hybridized carbons (Fsp3) is 0.217. The zero-order chi connectivity index (χ0) is 21.7. The molecule has 0 spiro atoms. The van der Waals surface area contributed by atoms with Gasteiger partial charge in [-0.2, -0.15) is 0 Å². The van der Waals surface area contributed by atoms with Crippen LogP contribution in [0.3, 0.4) is 0 Å². The Morgan fingerprint density at radius 3 is 2.37 bits per heavy atom. The number of nitrogens with one attached hydrogen (secondary N) is 1. The van der Waals surface area contributed by atoms with Gasteiger partial charge < -0.3 is 10.2 Å². The van der Waals surface area contributed by atoms with Crippen molar-refractivity contribution >= 4 is 40.4 Å². The topological polar surface area (TPSA) is 49.4 Å². The fourth-order valence-electron chi connectivity index (χ4n) is 3.02. The summed E-state index contributed by atoms with van der Waals surface area (Å²) in [6, 6.07) is 15.5. The molecule has 1 N–H and O–H groups in total. The Balaban J connectivity index is 1.90. The van der Waals surface area contributed by atoms with Crippen molar-refractivity contribution in [2.24, 2.45) is 5.92 Å². The van der Waals surface area contributed by atoms with E-state index in [1.165, 1.54) is 23.5 Å². The number of carbonyl (C=O) groups excluding carboxylic acids is 2. The molecule has 156 valence electrons. The molecule has 2 aromatic carbocycles. The standard InChI is InChI=1S/C23H22ClFN2O2S/c1-15(2)21(26-22(28)19-7-3-4-8-20(19)24)23(29)27(14-18-6-5-13-30-18)17-11-9-16(25)10-12-17/h3-13,15,21H,14H2,1-2H3,(H,26,28). The van der Waals surface area contributed by atoms with E-state index in [0.717, 1.165) is 4.88 Å². The van der Waals surface area contributed by atoms with Gasteiger partial charge in [-0.25, -0.2) is 4.39 Å². The van der Waals surface area contributed by atoms with E-state index in [1.807, 2.05) is 31.4 Å². The minimum Gasteiger partial charge on any atom is -0.340 e. The number of rotatable bonds is 7. The largest absolute Gasteiger partial charge is 0.340 e. The summed E-state index contributed by atoms with van der Waals surface area (Å²) in [5, 5.41) is 5.08. The molecule has 3 rings (SSSR count). The molecule has 1 atom stereocenters. The molecule has 0 radical (unpaired) electrons. The quantitative estimate of drug-likeness (QED) is 0.521. The first-order chi connectivity index (χ1) is 14.4. The first-order valence-electron chi connectivity index (χ1n) is 9.51. The van der Waals surface area contributed by atoms with E-state index in [4.69, 9.17) is 11.6 Å². The lowest BCUT2D eigenvalue weighted by molar-refractivity contribution is -0.121. The van der Waals surface area contributed by atoms with Gasteiger partial charge >= 0.3 is 0 Å². The average molecular weight is 445 g/mol. The van der Waals surface area contributed by atoms with E-state index in [9.17, 15) is 14.0 Å². The lowest BCUT2D eigenvalue weighted by Gasteiger charge is -2.30. The van der Waals surface area contributed by atoms with Crippen molar-refractivity contribution < 1.29 is 14.0 Å². The Kier molecular flexibility index (Phi) is 7.24. The van der Waals surface area contributed by atoms with Gasteiger partial charge in [0.2, 0.25) is 5.91 Å². The van der Waals surface area contributed by atoms with Gasteiger partial charge in [0.25, 0.3) is 5.91 Å². The molecule has 0 aliphatic carbocycles. The molecule has 0 saturated heterocycles. The van der Waals surface area contributed by atoms with Gasteiger partial charge in [-0.3, -0.25) is 9.59 Å². The highest BCUT2D eigenvalue weighted by Gasteiger charge is 2.30. The van der Waals surface area contributed by atoms with Crippen LogP contribution in [0.15, 0.2) is 66.0 Å². The van der Waals surface area contributed by atoms with Crippen molar-refractivity contribution in [2.45, 2.75) is 26.4 Å². The first-order valence-corrected chi connectivity index (χ1v) is 10.8. The maximum absolute atomic E-state index is 13.5. The highest BCUT2D eigenvalue weighted by molar-refractivity contribution is 7.09. The number of hydrogen-bond acceptors (Lipinski definition) is 3. The van der Waals surface area contributed by atoms with Gasteiger partial charge in [-0.05, 0) is 53.8 Å². The number of hydrogen-bond donors (Lipinski definition) is 1. The Hall–Kier alpha value is -2.70. The van der Waals surface area contributed by atoms with Crippen LogP contribution in [0.4, 0.5) is 10.1 Å². The van der Waals surface area contributed by atoms with Crippen LogP contribution in [0.1, 0.15) is 29.1 Å². The van der Waals surface area contributed by atoms with Crippen LogP contribution >= 0.6 is 22.9 Å². The maximum Gasteiger partial charge on any atom is 0.253 e. The third-order valence-electron chi connectivity index (χ3n) is 4.64. The van der Waals surface area contributed by atoms with Gasteiger partial charge in [0.1, 0.15) is 11.9 Å². The molecule has 1 heterocycles. The third-order valence-corrected chi connectivity index (χ3v) is 5.83. The second-order valence-corrected chi connectivity index (χ2v) is 8.59. The normalized spacial score (nSPS) is 11.9. The van der Waals surface area contributed by atoms with Crippen LogP contribution in [0, 0.1) is 11.7 Å². The maximum atomic E-state index is 13.5. The summed E-state index contributed by atoms with van der Waals surface area (Å²) in [4.78, 5) is 28.9. The minimum atomic E-state index is -0.779. The minimum absolute atomic E-state index is 0.171. The predicted octanol–water partition coefficient (Wildman–Crippen LogP) is 5.53. The predicted molar refractivity (Wildman–Crippen MR) is 119 cm³/mol. The lowest BCUT2D eigenvalue weighted by atomic mass is 10.0. The first kappa shape index (κ1) is 22.0. The summed E-state index contributed by atoms with van der Waals surface area (Å²) in [6.45, 7) is 4.06. The van der Waals surface area contributed by atoms with Crippen LogP contribution in [0.25, 0.3) is 0 Å². The summed E-state index contributed by atoms with van der Waals surface area (Å²) in [7, 11) is 0. The number of halogens is 2. The molecule has 30 heavy (non-hydrogen) atoms. The number of nitrogens with zero attached hydrogens (tertiary/aromatic N) is 1. The van der Waals surface area contributed by atoms with Gasteiger partial charge in [0.15, 0.2) is 0 Å². The Morgan fingerprint density at radius 2 is 1.77 bits per heavy atom. The van der Waals surface area contributed by atoms with E-state index in [0.29, 0.717) is 22.8 Å². The van der Waals surface area contributed by atoms with Crippen molar-refractivity contribution in [3.63, 3.8) is 0 Å². The van der Waals surface area contributed by atoms with Gasteiger partial charge in [0.05, 0.1) is 17.1 Å². The Bertz CT molecular complexity index is 1010. The lowest BCUT2D eigenvalue weighted by Crippen LogP contribution is -2.51. The van der Waals surface area contributed by atoms with Crippen molar-refractivity contribution in [2.75, 3.05) is 4.90 Å². The van der Waals surface area contributed by atoms with Gasteiger partial charge in [-0.15, -0.1) is 11.3 Å². The van der Waals surface area contributed by atoms with Crippen molar-refractivity contribution in [1.29, 1.82) is 0 Å². The fourth-order valence-corrected chi connectivity index (χ4v) is 3.94. The van der Waals surface area contributed by atoms with Crippen LogP contribution in [0.5, 0.6) is 0 Å². The molecule has 0 saturated carbocycles. The van der Waals surface area contributed by atoms with E-state index in [-0.39, 0.29) is 17.6 Å².